The molecule has 0 spiro atoms. The van der Waals surface area contributed by atoms with E-state index in [4.69, 9.17) is 10.5 Å². The van der Waals surface area contributed by atoms with E-state index in [-0.39, 0.29) is 5.57 Å². The highest BCUT2D eigenvalue weighted by Crippen LogP contribution is 2.15. The smallest absolute Gasteiger partial charge is 0.266 e. The third-order valence-corrected chi connectivity index (χ3v) is 3.35. The Kier molecular flexibility index (Phi) is 5.08. The molecular weight excluding hydrogens is 342 g/mol. The van der Waals surface area contributed by atoms with Gasteiger partial charge in [-0.1, -0.05) is 28.1 Å². The molecule has 0 bridgehead atoms. The first-order valence-corrected chi connectivity index (χ1v) is 7.10. The molecule has 0 radical (unpaired) electrons. The molecule has 2 aromatic carbocycles. The summed E-state index contributed by atoms with van der Waals surface area (Å²) >= 11 is 3.31. The number of carbonyl (C=O) groups excluding carboxylic acids is 1. The summed E-state index contributed by atoms with van der Waals surface area (Å²) in [4.78, 5) is 12.1. The van der Waals surface area contributed by atoms with E-state index in [1.54, 1.807) is 48.5 Å². The Balaban J connectivity index is 2.17. The van der Waals surface area contributed by atoms with E-state index in [9.17, 15) is 4.79 Å². The van der Waals surface area contributed by atoms with Crippen molar-refractivity contribution in [2.24, 2.45) is 0 Å². The SMILES string of the molecule is N#C/C(=C/c1ccc(C#N)cc1)C(=O)Nc1ccc(Br)cc1. The Labute approximate surface area is 136 Å². The highest BCUT2D eigenvalue weighted by molar-refractivity contribution is 9.10. The molecule has 2 rings (SSSR count). The van der Waals surface area contributed by atoms with Crippen molar-refractivity contribution in [3.63, 3.8) is 0 Å². The number of amides is 1. The Morgan fingerprint density at radius 1 is 1.05 bits per heavy atom. The van der Waals surface area contributed by atoms with E-state index in [0.717, 1.165) is 4.47 Å². The third-order valence-electron chi connectivity index (χ3n) is 2.82. The van der Waals surface area contributed by atoms with E-state index in [2.05, 4.69) is 21.2 Å². The van der Waals surface area contributed by atoms with Gasteiger partial charge in [-0.2, -0.15) is 10.5 Å². The van der Waals surface area contributed by atoms with Gasteiger partial charge in [0.2, 0.25) is 0 Å². The second kappa shape index (κ2) is 7.21. The minimum atomic E-state index is -0.478. The fourth-order valence-electron chi connectivity index (χ4n) is 1.70. The molecule has 0 aliphatic rings. The molecule has 0 saturated carbocycles. The number of carbonyl (C=O) groups is 1. The van der Waals surface area contributed by atoms with Gasteiger partial charge in [0.15, 0.2) is 0 Å². The molecule has 0 fully saturated rings. The molecule has 5 heteroatoms. The molecule has 0 aliphatic heterocycles. The summed E-state index contributed by atoms with van der Waals surface area (Å²) in [6, 6.07) is 17.6. The van der Waals surface area contributed by atoms with E-state index in [1.807, 2.05) is 12.1 Å². The summed E-state index contributed by atoms with van der Waals surface area (Å²) in [5.74, 6) is -0.478. The van der Waals surface area contributed by atoms with Crippen LogP contribution in [0.3, 0.4) is 0 Å². The third kappa shape index (κ3) is 4.05. The summed E-state index contributed by atoms with van der Waals surface area (Å²) in [6.45, 7) is 0. The highest BCUT2D eigenvalue weighted by Gasteiger charge is 2.09. The summed E-state index contributed by atoms with van der Waals surface area (Å²) in [6.07, 6.45) is 1.48. The number of nitrogens with one attached hydrogen (secondary N) is 1. The fourth-order valence-corrected chi connectivity index (χ4v) is 1.97. The van der Waals surface area contributed by atoms with Crippen LogP contribution in [0.5, 0.6) is 0 Å². The maximum atomic E-state index is 12.1. The maximum absolute atomic E-state index is 12.1. The largest absolute Gasteiger partial charge is 0.321 e. The molecule has 4 nitrogen and oxygen atoms in total. The molecule has 106 valence electrons. The van der Waals surface area contributed by atoms with Crippen molar-refractivity contribution in [1.29, 1.82) is 10.5 Å². The first-order chi connectivity index (χ1) is 10.6. The first-order valence-electron chi connectivity index (χ1n) is 6.31. The predicted octanol–water partition coefficient (Wildman–Crippen LogP) is 3.87. The normalized spacial score (nSPS) is 10.4. The Bertz CT molecular complexity index is 794. The average molecular weight is 352 g/mol. The number of rotatable bonds is 3. The van der Waals surface area contributed by atoms with E-state index >= 15 is 0 Å². The number of benzene rings is 2. The molecule has 2 aromatic rings. The zero-order valence-electron chi connectivity index (χ0n) is 11.4. The summed E-state index contributed by atoms with van der Waals surface area (Å²) in [5, 5.41) is 20.5. The van der Waals surface area contributed by atoms with Crippen molar-refractivity contribution < 1.29 is 4.79 Å². The van der Waals surface area contributed by atoms with Crippen LogP contribution in [0.4, 0.5) is 5.69 Å². The number of anilines is 1. The molecule has 1 N–H and O–H groups in total. The van der Waals surface area contributed by atoms with Crippen LogP contribution in [-0.4, -0.2) is 5.91 Å². The fraction of sp³-hybridized carbons (Fsp3) is 0. The Hall–Kier alpha value is -2.89. The molecule has 1 amide bonds. The average Bonchev–Trinajstić information content (AvgIpc) is 2.55. The quantitative estimate of drug-likeness (QED) is 0.673. The van der Waals surface area contributed by atoms with Crippen LogP contribution in [0, 0.1) is 22.7 Å². The van der Waals surface area contributed by atoms with E-state index < -0.39 is 5.91 Å². The van der Waals surface area contributed by atoms with Crippen LogP contribution in [0.15, 0.2) is 58.6 Å². The van der Waals surface area contributed by atoms with Crippen LogP contribution >= 0.6 is 15.9 Å². The van der Waals surface area contributed by atoms with Crippen molar-refractivity contribution in [3.8, 4) is 12.1 Å². The van der Waals surface area contributed by atoms with Gasteiger partial charge in [0.05, 0.1) is 11.6 Å². The number of hydrogen-bond acceptors (Lipinski definition) is 3. The number of nitriles is 2. The summed E-state index contributed by atoms with van der Waals surface area (Å²) in [5.41, 5.74) is 1.80. The molecule has 22 heavy (non-hydrogen) atoms. The van der Waals surface area contributed by atoms with Gasteiger partial charge in [-0.05, 0) is 48.0 Å². The van der Waals surface area contributed by atoms with Gasteiger partial charge in [-0.15, -0.1) is 0 Å². The minimum absolute atomic E-state index is 0.00683. The van der Waals surface area contributed by atoms with E-state index in [0.29, 0.717) is 16.8 Å². The lowest BCUT2D eigenvalue weighted by Gasteiger charge is -2.04. The van der Waals surface area contributed by atoms with Crippen molar-refractivity contribution in [1.82, 2.24) is 0 Å². The first kappa shape index (κ1) is 15.5. The number of halogens is 1. The van der Waals surface area contributed by atoms with Crippen molar-refractivity contribution in [2.75, 3.05) is 5.32 Å². The monoisotopic (exact) mass is 351 g/mol. The lowest BCUT2D eigenvalue weighted by molar-refractivity contribution is -0.112. The van der Waals surface area contributed by atoms with Crippen LogP contribution in [0.25, 0.3) is 6.08 Å². The Morgan fingerprint density at radius 3 is 2.23 bits per heavy atom. The summed E-state index contributed by atoms with van der Waals surface area (Å²) < 4.78 is 0.902. The van der Waals surface area contributed by atoms with Gasteiger partial charge < -0.3 is 5.32 Å². The van der Waals surface area contributed by atoms with Gasteiger partial charge in [-0.25, -0.2) is 0 Å². The van der Waals surface area contributed by atoms with Crippen LogP contribution in [0.1, 0.15) is 11.1 Å². The highest BCUT2D eigenvalue weighted by atomic mass is 79.9. The number of nitrogens with zero attached hydrogens (tertiary/aromatic N) is 2. The van der Waals surface area contributed by atoms with Gasteiger partial charge in [0.25, 0.3) is 5.91 Å². The predicted molar refractivity (Wildman–Crippen MR) is 87.5 cm³/mol. The van der Waals surface area contributed by atoms with Crippen LogP contribution in [-0.2, 0) is 4.79 Å². The number of hydrogen-bond donors (Lipinski definition) is 1. The van der Waals surface area contributed by atoms with E-state index in [1.165, 1.54) is 6.08 Å². The van der Waals surface area contributed by atoms with Gasteiger partial charge >= 0.3 is 0 Å². The standard InChI is InChI=1S/C17H10BrN3O/c18-15-5-7-16(8-6-15)21-17(22)14(11-20)9-12-1-3-13(10-19)4-2-12/h1-9H,(H,21,22)/b14-9-. The van der Waals surface area contributed by atoms with Crippen LogP contribution < -0.4 is 5.32 Å². The molecular formula is C17H10BrN3O. The molecule has 0 atom stereocenters. The topological polar surface area (TPSA) is 76.7 Å². The van der Waals surface area contributed by atoms with Gasteiger partial charge in [0.1, 0.15) is 11.6 Å². The second-order valence-electron chi connectivity index (χ2n) is 4.36. The maximum Gasteiger partial charge on any atom is 0.266 e. The lowest BCUT2D eigenvalue weighted by atomic mass is 10.1. The summed E-state index contributed by atoms with van der Waals surface area (Å²) in [7, 11) is 0. The molecule has 0 heterocycles. The molecule has 0 aliphatic carbocycles. The zero-order valence-corrected chi connectivity index (χ0v) is 13.0. The second-order valence-corrected chi connectivity index (χ2v) is 5.28. The molecule has 0 saturated heterocycles. The van der Waals surface area contributed by atoms with Crippen molar-refractivity contribution >= 4 is 33.6 Å². The van der Waals surface area contributed by atoms with Crippen LogP contribution in [0.2, 0.25) is 0 Å². The zero-order chi connectivity index (χ0) is 15.9. The Morgan fingerprint density at radius 2 is 1.68 bits per heavy atom. The van der Waals surface area contributed by atoms with Crippen molar-refractivity contribution in [2.45, 2.75) is 0 Å². The molecule has 0 unspecified atom stereocenters. The van der Waals surface area contributed by atoms with Crippen molar-refractivity contribution in [3.05, 3.63) is 69.7 Å². The lowest BCUT2D eigenvalue weighted by Crippen LogP contribution is -2.13. The minimum Gasteiger partial charge on any atom is -0.321 e. The molecule has 0 aromatic heterocycles. The van der Waals surface area contributed by atoms with Gasteiger partial charge in [-0.3, -0.25) is 4.79 Å². The van der Waals surface area contributed by atoms with Gasteiger partial charge in [0, 0.05) is 10.2 Å².